The Morgan fingerprint density at radius 2 is 2.06 bits per heavy atom. The van der Waals surface area contributed by atoms with Gasteiger partial charge in [0, 0.05) is 31.4 Å². The predicted octanol–water partition coefficient (Wildman–Crippen LogP) is 2.00. The molecule has 0 aromatic heterocycles. The Kier molecular flexibility index (Phi) is 3.65. The van der Waals surface area contributed by atoms with Gasteiger partial charge in [0.2, 0.25) is 0 Å². The van der Waals surface area contributed by atoms with Gasteiger partial charge in [-0.1, -0.05) is 6.07 Å². The van der Waals surface area contributed by atoms with Gasteiger partial charge < -0.3 is 10.2 Å². The highest BCUT2D eigenvalue weighted by atomic mass is 15.2. The number of hydrogen-bond donors (Lipinski definition) is 1. The minimum Gasteiger partial charge on any atom is -0.369 e. The van der Waals surface area contributed by atoms with Crippen molar-refractivity contribution in [2.24, 2.45) is 0 Å². The molecule has 3 nitrogen and oxygen atoms in total. The van der Waals surface area contributed by atoms with Crippen molar-refractivity contribution < 1.29 is 0 Å². The lowest BCUT2D eigenvalue weighted by Crippen LogP contribution is -2.50. The molecule has 3 heteroatoms. The third-order valence-corrected chi connectivity index (χ3v) is 3.16. The topological polar surface area (TPSA) is 39.1 Å². The summed E-state index contributed by atoms with van der Waals surface area (Å²) in [6, 6.07) is 9.18. The molecular formula is C14H19N3. The van der Waals surface area contributed by atoms with E-state index in [1.165, 1.54) is 16.8 Å². The first-order chi connectivity index (χ1) is 8.19. The molecule has 1 heterocycles. The maximum Gasteiger partial charge on any atom is 0.0638 e. The molecule has 1 aromatic carbocycles. The molecule has 0 bridgehead atoms. The second-order valence-corrected chi connectivity index (χ2v) is 4.81. The SMILES string of the molecule is Cc1cc(C)cc(N2CCNC(CC#N)C2)c1. The number of nitriles is 1. The summed E-state index contributed by atoms with van der Waals surface area (Å²) in [4.78, 5) is 2.37. The van der Waals surface area contributed by atoms with Gasteiger partial charge in [-0.3, -0.25) is 0 Å². The van der Waals surface area contributed by atoms with E-state index >= 15 is 0 Å². The fourth-order valence-corrected chi connectivity index (χ4v) is 2.44. The Morgan fingerprint density at radius 1 is 1.35 bits per heavy atom. The Hall–Kier alpha value is -1.53. The third kappa shape index (κ3) is 2.98. The van der Waals surface area contributed by atoms with E-state index < -0.39 is 0 Å². The number of benzene rings is 1. The van der Waals surface area contributed by atoms with Crippen molar-refractivity contribution in [1.29, 1.82) is 5.26 Å². The molecule has 0 spiro atoms. The molecule has 0 amide bonds. The summed E-state index contributed by atoms with van der Waals surface area (Å²) in [5.41, 5.74) is 3.89. The minimum absolute atomic E-state index is 0.301. The quantitative estimate of drug-likeness (QED) is 0.843. The molecule has 2 rings (SSSR count). The number of rotatable bonds is 2. The van der Waals surface area contributed by atoms with Gasteiger partial charge in [0.05, 0.1) is 12.5 Å². The summed E-state index contributed by atoms with van der Waals surface area (Å²) < 4.78 is 0. The Morgan fingerprint density at radius 3 is 2.71 bits per heavy atom. The first-order valence-electron chi connectivity index (χ1n) is 6.12. The smallest absolute Gasteiger partial charge is 0.0638 e. The van der Waals surface area contributed by atoms with Gasteiger partial charge in [-0.15, -0.1) is 0 Å². The molecular weight excluding hydrogens is 210 g/mol. The molecule has 1 atom stereocenters. The number of piperazine rings is 1. The average molecular weight is 229 g/mol. The zero-order valence-corrected chi connectivity index (χ0v) is 10.5. The number of hydrogen-bond acceptors (Lipinski definition) is 3. The van der Waals surface area contributed by atoms with Crippen molar-refractivity contribution in [3.8, 4) is 6.07 Å². The molecule has 1 aromatic rings. The van der Waals surface area contributed by atoms with Crippen LogP contribution in [0.2, 0.25) is 0 Å². The standard InChI is InChI=1S/C14H19N3/c1-11-7-12(2)9-14(8-11)17-6-5-16-13(10-17)3-4-15/h7-9,13,16H,3,5-6,10H2,1-2H3. The molecule has 1 fully saturated rings. The number of nitrogens with one attached hydrogen (secondary N) is 1. The lowest BCUT2D eigenvalue weighted by molar-refractivity contribution is 0.463. The van der Waals surface area contributed by atoms with E-state index in [9.17, 15) is 0 Å². The highest BCUT2D eigenvalue weighted by Gasteiger charge is 2.19. The summed E-state index contributed by atoms with van der Waals surface area (Å²) >= 11 is 0. The van der Waals surface area contributed by atoms with E-state index in [0.29, 0.717) is 12.5 Å². The zero-order chi connectivity index (χ0) is 12.3. The number of aryl methyl sites for hydroxylation is 2. The molecule has 1 saturated heterocycles. The highest BCUT2D eigenvalue weighted by molar-refractivity contribution is 5.51. The fourth-order valence-electron chi connectivity index (χ4n) is 2.44. The van der Waals surface area contributed by atoms with E-state index in [2.05, 4.69) is 48.3 Å². The molecule has 17 heavy (non-hydrogen) atoms. The fraction of sp³-hybridized carbons (Fsp3) is 0.500. The number of nitrogens with zero attached hydrogens (tertiary/aromatic N) is 2. The third-order valence-electron chi connectivity index (χ3n) is 3.16. The summed E-state index contributed by atoms with van der Waals surface area (Å²) in [6.45, 7) is 7.16. The lowest BCUT2D eigenvalue weighted by Gasteiger charge is -2.34. The van der Waals surface area contributed by atoms with Crippen LogP contribution in [0, 0.1) is 25.2 Å². The van der Waals surface area contributed by atoms with Gasteiger partial charge >= 0.3 is 0 Å². The van der Waals surface area contributed by atoms with Gasteiger partial charge in [0.25, 0.3) is 0 Å². The molecule has 1 aliphatic heterocycles. The maximum atomic E-state index is 8.76. The van der Waals surface area contributed by atoms with Gasteiger partial charge in [0.1, 0.15) is 0 Å². The lowest BCUT2D eigenvalue weighted by atomic mass is 10.1. The minimum atomic E-state index is 0.301. The summed E-state index contributed by atoms with van der Waals surface area (Å²) in [7, 11) is 0. The van der Waals surface area contributed by atoms with Crippen molar-refractivity contribution in [3.63, 3.8) is 0 Å². The van der Waals surface area contributed by atoms with E-state index in [0.717, 1.165) is 19.6 Å². The largest absolute Gasteiger partial charge is 0.369 e. The van der Waals surface area contributed by atoms with Crippen molar-refractivity contribution >= 4 is 5.69 Å². The maximum absolute atomic E-state index is 8.76. The highest BCUT2D eigenvalue weighted by Crippen LogP contribution is 2.20. The van der Waals surface area contributed by atoms with Crippen LogP contribution in [0.4, 0.5) is 5.69 Å². The summed E-state index contributed by atoms with van der Waals surface area (Å²) in [5.74, 6) is 0. The van der Waals surface area contributed by atoms with E-state index in [4.69, 9.17) is 5.26 Å². The normalized spacial score (nSPS) is 20.1. The second-order valence-electron chi connectivity index (χ2n) is 4.81. The van der Waals surface area contributed by atoms with Gasteiger partial charge in [-0.05, 0) is 37.1 Å². The van der Waals surface area contributed by atoms with Crippen molar-refractivity contribution in [2.75, 3.05) is 24.5 Å². The van der Waals surface area contributed by atoms with Crippen LogP contribution < -0.4 is 10.2 Å². The van der Waals surface area contributed by atoms with Crippen LogP contribution in [0.1, 0.15) is 17.5 Å². The van der Waals surface area contributed by atoms with E-state index in [1.807, 2.05) is 0 Å². The van der Waals surface area contributed by atoms with Crippen LogP contribution >= 0.6 is 0 Å². The molecule has 1 unspecified atom stereocenters. The predicted molar refractivity (Wildman–Crippen MR) is 70.1 cm³/mol. The second kappa shape index (κ2) is 5.20. The van der Waals surface area contributed by atoms with Crippen LogP contribution in [0.5, 0.6) is 0 Å². The van der Waals surface area contributed by atoms with Crippen LogP contribution in [0.25, 0.3) is 0 Å². The van der Waals surface area contributed by atoms with Crippen LogP contribution in [0.3, 0.4) is 0 Å². The summed E-state index contributed by atoms with van der Waals surface area (Å²) in [6.07, 6.45) is 0.585. The molecule has 90 valence electrons. The molecule has 1 aliphatic rings. The van der Waals surface area contributed by atoms with E-state index in [1.54, 1.807) is 0 Å². The van der Waals surface area contributed by atoms with Gasteiger partial charge in [0.15, 0.2) is 0 Å². The average Bonchev–Trinajstić information content (AvgIpc) is 2.28. The molecule has 1 N–H and O–H groups in total. The molecule has 0 radical (unpaired) electrons. The van der Waals surface area contributed by atoms with Crippen LogP contribution in [-0.2, 0) is 0 Å². The Bertz CT molecular complexity index is 413. The van der Waals surface area contributed by atoms with Crippen LogP contribution in [0.15, 0.2) is 18.2 Å². The van der Waals surface area contributed by atoms with E-state index in [-0.39, 0.29) is 0 Å². The Balaban J connectivity index is 2.13. The molecule has 0 aliphatic carbocycles. The molecule has 0 saturated carbocycles. The zero-order valence-electron chi connectivity index (χ0n) is 10.5. The van der Waals surface area contributed by atoms with Crippen molar-refractivity contribution in [1.82, 2.24) is 5.32 Å². The van der Waals surface area contributed by atoms with Crippen LogP contribution in [-0.4, -0.2) is 25.7 Å². The summed E-state index contributed by atoms with van der Waals surface area (Å²) in [5, 5.41) is 12.1. The Labute approximate surface area is 103 Å². The first kappa shape index (κ1) is 11.9. The van der Waals surface area contributed by atoms with Gasteiger partial charge in [-0.2, -0.15) is 5.26 Å². The van der Waals surface area contributed by atoms with Crippen molar-refractivity contribution in [3.05, 3.63) is 29.3 Å². The van der Waals surface area contributed by atoms with Gasteiger partial charge in [-0.25, -0.2) is 0 Å². The van der Waals surface area contributed by atoms with Crippen molar-refractivity contribution in [2.45, 2.75) is 26.3 Å². The monoisotopic (exact) mass is 229 g/mol. The number of anilines is 1. The first-order valence-corrected chi connectivity index (χ1v) is 6.12.